The fourth-order valence-electron chi connectivity index (χ4n) is 9.37. The van der Waals surface area contributed by atoms with Crippen LogP contribution in [0.3, 0.4) is 0 Å². The van der Waals surface area contributed by atoms with E-state index in [1.165, 1.54) is 0 Å². The summed E-state index contributed by atoms with van der Waals surface area (Å²) >= 11 is 0. The van der Waals surface area contributed by atoms with Crippen molar-refractivity contribution >= 4 is 121 Å². The van der Waals surface area contributed by atoms with Crippen LogP contribution in [-0.2, 0) is 37.3 Å². The molecule has 6 unspecified atom stereocenters. The summed E-state index contributed by atoms with van der Waals surface area (Å²) in [4.78, 5) is 0. The molecule has 0 N–H and O–H groups in total. The van der Waals surface area contributed by atoms with Gasteiger partial charge in [0.15, 0.2) is 27.1 Å². The zero-order valence-electron chi connectivity index (χ0n) is 39.6. The van der Waals surface area contributed by atoms with Gasteiger partial charge in [0.1, 0.15) is 0 Å². The lowest BCUT2D eigenvalue weighted by Gasteiger charge is -2.64. The Hall–Kier alpha value is -3.65. The predicted molar refractivity (Wildman–Crippen MR) is 295 cm³/mol. The summed E-state index contributed by atoms with van der Waals surface area (Å²) in [5, 5.41) is 6.41. The van der Waals surface area contributed by atoms with Crippen molar-refractivity contribution in [2.75, 3.05) is 7.11 Å². The van der Waals surface area contributed by atoms with E-state index < -0.39 is 84.9 Å². The Morgan fingerprint density at radius 3 is 1.26 bits per heavy atom. The maximum absolute atomic E-state index is 8.91. The summed E-state index contributed by atoms with van der Waals surface area (Å²) in [6.45, 7) is 13.2. The molecule has 0 amide bonds. The van der Waals surface area contributed by atoms with Crippen LogP contribution >= 0.6 is 0 Å². The van der Waals surface area contributed by atoms with E-state index >= 15 is 0 Å². The van der Waals surface area contributed by atoms with Crippen molar-refractivity contribution in [1.82, 2.24) is 0 Å². The molecule has 68 heavy (non-hydrogen) atoms. The number of rotatable bonds is 16. The number of hydrogen-bond donors (Lipinski definition) is 0. The van der Waals surface area contributed by atoms with Crippen molar-refractivity contribution in [1.29, 1.82) is 0 Å². The van der Waals surface area contributed by atoms with Crippen molar-refractivity contribution in [3.8, 4) is 0 Å². The largest absolute Gasteiger partial charge is 0.517 e. The molecule has 2 heterocycles. The summed E-state index contributed by atoms with van der Waals surface area (Å²) in [7, 11) is -31.6. The van der Waals surface area contributed by atoms with E-state index in [0.29, 0.717) is 0 Å². The smallest absolute Gasteiger partial charge is 0.437 e. The highest BCUT2D eigenvalue weighted by Crippen LogP contribution is 2.47. The summed E-state index contributed by atoms with van der Waals surface area (Å²) in [5.41, 5.74) is 0. The van der Waals surface area contributed by atoms with E-state index in [9.17, 15) is 0 Å². The van der Waals surface area contributed by atoms with E-state index in [-0.39, 0.29) is 0 Å². The van der Waals surface area contributed by atoms with Gasteiger partial charge in [0.2, 0.25) is 0 Å². The molecule has 7 aromatic carbocycles. The van der Waals surface area contributed by atoms with Crippen LogP contribution in [0.4, 0.5) is 0 Å². The minimum atomic E-state index is -4.43. The zero-order valence-corrected chi connectivity index (χ0v) is 50.1. The summed E-state index contributed by atoms with van der Waals surface area (Å²) in [6, 6.07) is 73.2. The van der Waals surface area contributed by atoms with Gasteiger partial charge >= 0.3 is 49.2 Å². The SMILES string of the molecule is CO[Si](O[SiH](C)C)(O[Si]1(c2ccccc2)O[Si]2(c3ccccc3)O[Si](c3ccccc3)[Si](O[SiH](C)C)(c3ccccc3)O[Si]2(c2ccccc2)O[Si]1(O[SiH](C)C)c1ccccc1)c1ccccc1. The lowest BCUT2D eigenvalue weighted by atomic mass is 10.4. The standard InChI is InChI=1S/C49H59O9Si10/c1-50-63(51-59(2)3,44-31-17-9-18-32-44)55-67(48-39-25-13-26-40-48)58-66(47-37-23-12-24-38-47)54-62(43-29-15-8-16-30-43)64(52-60(4)5,45-33-19-10-20-34-45)56-68(66,49-41-27-14-28-42-49)57-65(67,53-61(6)7)46-35-21-11-22-36-46/h8-42,59-61H,1-7H3. The quantitative estimate of drug-likeness (QED) is 0.131. The van der Waals surface area contributed by atoms with E-state index in [1.807, 2.05) is 42.5 Å². The average Bonchev–Trinajstić information content (AvgIpc) is 3.37. The molecule has 2 fully saturated rings. The molecule has 0 aromatic heterocycles. The second-order valence-corrected chi connectivity index (χ2v) is 54.6. The third kappa shape index (κ3) is 8.79. The van der Waals surface area contributed by atoms with Crippen LogP contribution in [0.15, 0.2) is 212 Å². The molecule has 0 saturated carbocycles. The molecule has 6 atom stereocenters. The third-order valence-corrected chi connectivity index (χ3v) is 65.4. The highest BCUT2D eigenvalue weighted by Gasteiger charge is 2.88. The van der Waals surface area contributed by atoms with Gasteiger partial charge in [-0.05, 0) is 70.4 Å². The van der Waals surface area contributed by atoms with Gasteiger partial charge in [-0.1, -0.05) is 212 Å². The second-order valence-electron chi connectivity index (χ2n) is 17.7. The minimum absolute atomic E-state index is 0.834. The minimum Gasteiger partial charge on any atom is -0.437 e. The molecule has 0 aliphatic carbocycles. The van der Waals surface area contributed by atoms with Crippen molar-refractivity contribution in [3.05, 3.63) is 212 Å². The van der Waals surface area contributed by atoms with Crippen LogP contribution in [-0.4, -0.2) is 92.0 Å². The predicted octanol–water partition coefficient (Wildman–Crippen LogP) is 4.47. The second kappa shape index (κ2) is 20.6. The number of hydrogen-bond acceptors (Lipinski definition) is 9. The lowest BCUT2D eigenvalue weighted by Crippen LogP contribution is -3.03. The van der Waals surface area contributed by atoms with Crippen LogP contribution < -0.4 is 36.3 Å². The Labute approximate surface area is 414 Å². The fourth-order valence-corrected chi connectivity index (χ4v) is 89.1. The maximum Gasteiger partial charge on any atom is 0.517 e. The maximum atomic E-state index is 8.91. The van der Waals surface area contributed by atoms with Crippen LogP contribution in [0.1, 0.15) is 0 Å². The molecule has 0 bridgehead atoms. The molecule has 9 nitrogen and oxygen atoms in total. The van der Waals surface area contributed by atoms with Crippen LogP contribution in [0.25, 0.3) is 0 Å². The Bertz CT molecular complexity index is 2720. The summed E-state index contributed by atoms with van der Waals surface area (Å²) < 4.78 is 73.4. The van der Waals surface area contributed by atoms with E-state index in [1.54, 1.807) is 7.11 Å². The monoisotopic (exact) mass is 1070 g/mol. The average molecular weight is 1070 g/mol. The van der Waals surface area contributed by atoms with E-state index in [4.69, 9.17) is 37.3 Å². The molecule has 19 heteroatoms. The van der Waals surface area contributed by atoms with Crippen molar-refractivity contribution in [3.63, 3.8) is 0 Å². The van der Waals surface area contributed by atoms with Gasteiger partial charge in [0.25, 0.3) is 8.56 Å². The van der Waals surface area contributed by atoms with Gasteiger partial charge in [0, 0.05) is 12.3 Å². The normalized spacial score (nSPS) is 26.1. The fraction of sp³-hybridized carbons (Fsp3) is 0.143. The third-order valence-electron chi connectivity index (χ3n) is 11.9. The summed E-state index contributed by atoms with van der Waals surface area (Å²) in [6.07, 6.45) is 0. The van der Waals surface area contributed by atoms with E-state index in [0.717, 1.165) is 36.3 Å². The van der Waals surface area contributed by atoms with E-state index in [2.05, 4.69) is 209 Å². The van der Waals surface area contributed by atoms with Crippen LogP contribution in [0.2, 0.25) is 39.3 Å². The molecule has 1 radical (unpaired) electrons. The molecule has 7 aromatic rings. The Morgan fingerprint density at radius 2 is 0.809 bits per heavy atom. The Kier molecular flexibility index (Phi) is 14.9. The molecule has 0 spiro atoms. The first-order valence-corrected chi connectivity index (χ1v) is 46.9. The number of benzene rings is 7. The van der Waals surface area contributed by atoms with Crippen LogP contribution in [0, 0.1) is 0 Å². The first-order chi connectivity index (χ1) is 33.0. The van der Waals surface area contributed by atoms with Crippen molar-refractivity contribution in [2.24, 2.45) is 0 Å². The molecule has 2 saturated heterocycles. The zero-order chi connectivity index (χ0) is 47.5. The topological polar surface area (TPSA) is 83.1 Å². The van der Waals surface area contributed by atoms with Gasteiger partial charge in [-0.15, -0.1) is 0 Å². The highest BCUT2D eigenvalue weighted by atomic mass is 29.4. The molecule has 2 aliphatic heterocycles. The van der Waals surface area contributed by atoms with Crippen LogP contribution in [0.5, 0.6) is 0 Å². The summed E-state index contributed by atoms with van der Waals surface area (Å²) in [5.74, 6) is 0. The molecular formula is C49H59O9Si10. The van der Waals surface area contributed by atoms with Crippen molar-refractivity contribution in [2.45, 2.75) is 39.3 Å². The molecule has 9 rings (SSSR count). The van der Waals surface area contributed by atoms with Crippen molar-refractivity contribution < 1.29 is 37.3 Å². The molecule has 2 aliphatic rings. The Balaban J connectivity index is 1.50. The lowest BCUT2D eigenvalue weighted by molar-refractivity contribution is 0.190. The Morgan fingerprint density at radius 1 is 0.412 bits per heavy atom. The van der Waals surface area contributed by atoms with Gasteiger partial charge in [-0.3, -0.25) is 0 Å². The molecule has 349 valence electrons. The highest BCUT2D eigenvalue weighted by molar-refractivity contribution is 7.60. The van der Waals surface area contributed by atoms with Gasteiger partial charge in [-0.2, -0.15) is 0 Å². The molecular weight excluding hydrogens is 1010 g/mol. The number of fused-ring (bicyclic) bond motifs is 1. The van der Waals surface area contributed by atoms with Gasteiger partial charge < -0.3 is 37.3 Å². The first kappa shape index (κ1) is 49.3. The van der Waals surface area contributed by atoms with Gasteiger partial charge in [-0.25, -0.2) is 0 Å². The van der Waals surface area contributed by atoms with Gasteiger partial charge in [0.05, 0.1) is 0 Å². The first-order valence-electron chi connectivity index (χ1n) is 23.3.